The lowest BCUT2D eigenvalue weighted by Crippen LogP contribution is -2.48. The lowest BCUT2D eigenvalue weighted by Gasteiger charge is -2.28. The molecule has 1 aliphatic heterocycles. The van der Waals surface area contributed by atoms with Crippen LogP contribution in [0, 0.1) is 12.8 Å². The number of carbonyl (C=O) groups excluding carboxylic acids is 1. The van der Waals surface area contributed by atoms with E-state index in [9.17, 15) is 14.7 Å². The quantitative estimate of drug-likeness (QED) is 0.862. The monoisotopic (exact) mass is 291 g/mol. The maximum atomic E-state index is 12.0. The van der Waals surface area contributed by atoms with Crippen LogP contribution in [0.4, 0.5) is 0 Å². The summed E-state index contributed by atoms with van der Waals surface area (Å²) < 4.78 is 5.31. The van der Waals surface area contributed by atoms with Crippen molar-refractivity contribution in [2.24, 2.45) is 5.92 Å². The molecule has 114 valence electrons. The lowest BCUT2D eigenvalue weighted by molar-refractivity contribution is -0.145. The predicted octanol–water partition coefficient (Wildman–Crippen LogP) is 1.53. The van der Waals surface area contributed by atoms with Gasteiger partial charge in [0.25, 0.3) is 0 Å². The standard InChI is InChI=1S/C16H21NO4/c1-11-4-6-12(7-5-11)9-14(18)17-15(16(19)20)13-3-2-8-21-10-13/h4-7,13,15H,2-3,8-10H2,1H3,(H,17,18)(H,19,20). The Bertz CT molecular complexity index is 492. The fourth-order valence-electron chi connectivity index (χ4n) is 2.53. The average molecular weight is 291 g/mol. The first-order valence-electron chi connectivity index (χ1n) is 7.21. The van der Waals surface area contributed by atoms with E-state index in [1.807, 2.05) is 31.2 Å². The largest absolute Gasteiger partial charge is 0.480 e. The molecule has 2 atom stereocenters. The Morgan fingerprint density at radius 3 is 2.67 bits per heavy atom. The molecule has 1 saturated heterocycles. The topological polar surface area (TPSA) is 75.6 Å². The Morgan fingerprint density at radius 2 is 2.10 bits per heavy atom. The minimum atomic E-state index is -0.997. The molecule has 2 rings (SSSR count). The highest BCUT2D eigenvalue weighted by molar-refractivity contribution is 5.85. The molecule has 0 saturated carbocycles. The van der Waals surface area contributed by atoms with Gasteiger partial charge < -0.3 is 15.2 Å². The molecule has 1 heterocycles. The molecular weight excluding hydrogens is 270 g/mol. The summed E-state index contributed by atoms with van der Waals surface area (Å²) in [5, 5.41) is 11.9. The zero-order valence-corrected chi connectivity index (χ0v) is 12.2. The van der Waals surface area contributed by atoms with Crippen molar-refractivity contribution < 1.29 is 19.4 Å². The molecular formula is C16H21NO4. The van der Waals surface area contributed by atoms with Gasteiger partial charge in [0.05, 0.1) is 13.0 Å². The molecule has 1 aromatic rings. The Morgan fingerprint density at radius 1 is 1.38 bits per heavy atom. The van der Waals surface area contributed by atoms with E-state index in [2.05, 4.69) is 5.32 Å². The van der Waals surface area contributed by atoms with Crippen LogP contribution in [-0.2, 0) is 20.7 Å². The van der Waals surface area contributed by atoms with Gasteiger partial charge >= 0.3 is 5.97 Å². The van der Waals surface area contributed by atoms with Crippen molar-refractivity contribution in [2.75, 3.05) is 13.2 Å². The van der Waals surface area contributed by atoms with Crippen molar-refractivity contribution >= 4 is 11.9 Å². The van der Waals surface area contributed by atoms with Crippen LogP contribution in [0.1, 0.15) is 24.0 Å². The normalized spacial score (nSPS) is 19.8. The Kier molecular flexibility index (Phi) is 5.33. The average Bonchev–Trinajstić information content (AvgIpc) is 2.48. The smallest absolute Gasteiger partial charge is 0.326 e. The summed E-state index contributed by atoms with van der Waals surface area (Å²) in [4.78, 5) is 23.4. The lowest BCUT2D eigenvalue weighted by atomic mass is 9.93. The van der Waals surface area contributed by atoms with Crippen molar-refractivity contribution in [1.29, 1.82) is 0 Å². The highest BCUT2D eigenvalue weighted by Crippen LogP contribution is 2.18. The molecule has 1 fully saturated rings. The summed E-state index contributed by atoms with van der Waals surface area (Å²) >= 11 is 0. The number of ether oxygens (including phenoxy) is 1. The first-order chi connectivity index (χ1) is 10.1. The summed E-state index contributed by atoms with van der Waals surface area (Å²) in [5.74, 6) is -1.42. The molecule has 1 aromatic carbocycles. The van der Waals surface area contributed by atoms with Crippen LogP contribution in [0.25, 0.3) is 0 Å². The van der Waals surface area contributed by atoms with Gasteiger partial charge in [-0.2, -0.15) is 0 Å². The fraction of sp³-hybridized carbons (Fsp3) is 0.500. The summed E-state index contributed by atoms with van der Waals surface area (Å²) in [6.45, 7) is 3.04. The summed E-state index contributed by atoms with van der Waals surface area (Å²) in [5.41, 5.74) is 2.00. The van der Waals surface area contributed by atoms with E-state index in [1.165, 1.54) is 0 Å². The molecule has 2 unspecified atom stereocenters. The Balaban J connectivity index is 1.94. The number of nitrogens with one attached hydrogen (secondary N) is 1. The maximum absolute atomic E-state index is 12.0. The van der Waals surface area contributed by atoms with Gasteiger partial charge in [-0.05, 0) is 25.3 Å². The first-order valence-corrected chi connectivity index (χ1v) is 7.21. The molecule has 2 N–H and O–H groups in total. The third-order valence-corrected chi connectivity index (χ3v) is 3.73. The fourth-order valence-corrected chi connectivity index (χ4v) is 2.53. The number of hydrogen-bond donors (Lipinski definition) is 2. The second kappa shape index (κ2) is 7.22. The van der Waals surface area contributed by atoms with Crippen LogP contribution in [0.3, 0.4) is 0 Å². The van der Waals surface area contributed by atoms with Crippen LogP contribution in [-0.4, -0.2) is 36.2 Å². The number of aryl methyl sites for hydroxylation is 1. The van der Waals surface area contributed by atoms with Crippen LogP contribution in [0.2, 0.25) is 0 Å². The molecule has 1 amide bonds. The van der Waals surface area contributed by atoms with Crippen molar-refractivity contribution in [3.8, 4) is 0 Å². The van der Waals surface area contributed by atoms with Crippen molar-refractivity contribution in [3.05, 3.63) is 35.4 Å². The van der Waals surface area contributed by atoms with Crippen LogP contribution < -0.4 is 5.32 Å². The minimum absolute atomic E-state index is 0.154. The molecule has 21 heavy (non-hydrogen) atoms. The number of rotatable bonds is 5. The van der Waals surface area contributed by atoms with Gasteiger partial charge in [-0.15, -0.1) is 0 Å². The number of amides is 1. The third kappa shape index (κ3) is 4.56. The van der Waals surface area contributed by atoms with Crippen molar-refractivity contribution in [1.82, 2.24) is 5.32 Å². The Hall–Kier alpha value is -1.88. The highest BCUT2D eigenvalue weighted by Gasteiger charge is 2.31. The van der Waals surface area contributed by atoms with Gasteiger partial charge in [-0.25, -0.2) is 4.79 Å². The number of carbonyl (C=O) groups is 2. The van der Waals surface area contributed by atoms with E-state index >= 15 is 0 Å². The van der Waals surface area contributed by atoms with E-state index in [0.717, 1.165) is 24.0 Å². The van der Waals surface area contributed by atoms with E-state index < -0.39 is 12.0 Å². The number of carboxylic acids is 1. The molecule has 5 nitrogen and oxygen atoms in total. The summed E-state index contributed by atoms with van der Waals surface area (Å²) in [6.07, 6.45) is 1.79. The number of benzene rings is 1. The van der Waals surface area contributed by atoms with Crippen molar-refractivity contribution in [3.63, 3.8) is 0 Å². The zero-order chi connectivity index (χ0) is 15.2. The van der Waals surface area contributed by atoms with E-state index in [-0.39, 0.29) is 18.2 Å². The van der Waals surface area contributed by atoms with Crippen LogP contribution >= 0.6 is 0 Å². The highest BCUT2D eigenvalue weighted by atomic mass is 16.5. The number of carboxylic acid groups (broad SMARTS) is 1. The molecule has 0 radical (unpaired) electrons. The minimum Gasteiger partial charge on any atom is -0.480 e. The molecule has 0 spiro atoms. The third-order valence-electron chi connectivity index (χ3n) is 3.73. The van der Waals surface area contributed by atoms with Gasteiger partial charge in [0.2, 0.25) is 5.91 Å². The molecule has 5 heteroatoms. The maximum Gasteiger partial charge on any atom is 0.326 e. The second-order valence-electron chi connectivity index (χ2n) is 5.52. The van der Waals surface area contributed by atoms with Crippen molar-refractivity contribution in [2.45, 2.75) is 32.2 Å². The van der Waals surface area contributed by atoms with Gasteiger partial charge in [-0.1, -0.05) is 29.8 Å². The summed E-state index contributed by atoms with van der Waals surface area (Å²) in [7, 11) is 0. The molecule has 0 bridgehead atoms. The van der Waals surface area contributed by atoms with Crippen LogP contribution in [0.5, 0.6) is 0 Å². The van der Waals surface area contributed by atoms with Crippen LogP contribution in [0.15, 0.2) is 24.3 Å². The summed E-state index contributed by atoms with van der Waals surface area (Å²) in [6, 6.07) is 6.77. The molecule has 0 aromatic heterocycles. The molecule has 0 aliphatic carbocycles. The van der Waals surface area contributed by atoms with Gasteiger partial charge in [0.1, 0.15) is 6.04 Å². The number of aliphatic carboxylic acids is 1. The Labute approximate surface area is 124 Å². The second-order valence-corrected chi connectivity index (χ2v) is 5.52. The van der Waals surface area contributed by atoms with Gasteiger partial charge in [0.15, 0.2) is 0 Å². The van der Waals surface area contributed by atoms with E-state index in [1.54, 1.807) is 0 Å². The first kappa shape index (κ1) is 15.5. The number of hydrogen-bond acceptors (Lipinski definition) is 3. The van der Waals surface area contributed by atoms with Gasteiger partial charge in [-0.3, -0.25) is 4.79 Å². The zero-order valence-electron chi connectivity index (χ0n) is 12.2. The van der Waals surface area contributed by atoms with E-state index in [0.29, 0.717) is 13.2 Å². The SMILES string of the molecule is Cc1ccc(CC(=O)NC(C(=O)O)C2CCCOC2)cc1. The predicted molar refractivity (Wildman–Crippen MR) is 78.0 cm³/mol. The van der Waals surface area contributed by atoms with E-state index in [4.69, 9.17) is 4.74 Å². The molecule has 1 aliphatic rings. The van der Waals surface area contributed by atoms with Gasteiger partial charge in [0, 0.05) is 12.5 Å².